The average molecular weight is 335 g/mol. The van der Waals surface area contributed by atoms with Crippen LogP contribution in [0.4, 0.5) is 28.9 Å². The Balaban J connectivity index is 2.18. The van der Waals surface area contributed by atoms with Crippen LogP contribution in [0.3, 0.4) is 0 Å². The third-order valence-corrected chi connectivity index (χ3v) is 2.91. The van der Waals surface area contributed by atoms with Crippen molar-refractivity contribution in [1.82, 2.24) is 0 Å². The monoisotopic (exact) mass is 334 g/mol. The second-order valence-electron chi connectivity index (χ2n) is 3.93. The summed E-state index contributed by atoms with van der Waals surface area (Å²) < 4.78 is 53.0. The van der Waals surface area contributed by atoms with Gasteiger partial charge in [-0.3, -0.25) is 0 Å². The third kappa shape index (κ3) is 3.62. The van der Waals surface area contributed by atoms with E-state index in [-0.39, 0.29) is 11.2 Å². The van der Waals surface area contributed by atoms with E-state index in [1.54, 1.807) is 24.3 Å². The van der Waals surface area contributed by atoms with Crippen LogP contribution in [0, 0.1) is 23.3 Å². The highest BCUT2D eigenvalue weighted by Gasteiger charge is 2.19. The molecule has 0 aromatic heterocycles. The average Bonchev–Trinajstić information content (AvgIpc) is 2.44. The number of nitrogens with one attached hydrogen (secondary N) is 2. The summed E-state index contributed by atoms with van der Waals surface area (Å²) >= 11 is 10.5. The van der Waals surface area contributed by atoms with Crippen LogP contribution in [-0.4, -0.2) is 5.11 Å². The number of benzene rings is 2. The van der Waals surface area contributed by atoms with Crippen molar-refractivity contribution in [3.05, 3.63) is 58.6 Å². The summed E-state index contributed by atoms with van der Waals surface area (Å²) in [5.41, 5.74) is -0.520. The minimum Gasteiger partial charge on any atom is -0.332 e. The standard InChI is InChI=1S/C13H7ClF4N2S/c14-6-1-3-7(4-2-6)19-13(21)20-12-10(17)8(15)5-9(16)11(12)18/h1-5H,(H2,19,20,21). The number of rotatable bonds is 2. The molecular formula is C13H7ClF4N2S. The molecule has 2 rings (SSSR count). The van der Waals surface area contributed by atoms with Gasteiger partial charge in [0.15, 0.2) is 28.4 Å². The van der Waals surface area contributed by atoms with Gasteiger partial charge < -0.3 is 10.6 Å². The molecule has 0 fully saturated rings. The van der Waals surface area contributed by atoms with Gasteiger partial charge in [-0.15, -0.1) is 0 Å². The van der Waals surface area contributed by atoms with E-state index in [1.165, 1.54) is 0 Å². The van der Waals surface area contributed by atoms with Gasteiger partial charge in [-0.1, -0.05) is 11.6 Å². The fourth-order valence-corrected chi connectivity index (χ4v) is 1.84. The molecule has 0 heterocycles. The van der Waals surface area contributed by atoms with Crippen molar-refractivity contribution in [2.24, 2.45) is 0 Å². The quantitative estimate of drug-likeness (QED) is 0.473. The first kappa shape index (κ1) is 15.5. The van der Waals surface area contributed by atoms with E-state index >= 15 is 0 Å². The van der Waals surface area contributed by atoms with Gasteiger partial charge in [0.25, 0.3) is 0 Å². The van der Waals surface area contributed by atoms with Crippen LogP contribution >= 0.6 is 23.8 Å². The van der Waals surface area contributed by atoms with Crippen LogP contribution in [-0.2, 0) is 0 Å². The van der Waals surface area contributed by atoms with Gasteiger partial charge >= 0.3 is 0 Å². The summed E-state index contributed by atoms with van der Waals surface area (Å²) in [6.45, 7) is 0. The Morgan fingerprint density at radius 2 is 1.43 bits per heavy atom. The van der Waals surface area contributed by atoms with Crippen molar-refractivity contribution in [1.29, 1.82) is 0 Å². The molecule has 2 N–H and O–H groups in total. The summed E-state index contributed by atoms with van der Waals surface area (Å²) in [6.07, 6.45) is 0. The molecule has 0 unspecified atom stereocenters. The minimum absolute atomic E-state index is 0.117. The van der Waals surface area contributed by atoms with Gasteiger partial charge in [0.05, 0.1) is 0 Å². The maximum atomic E-state index is 13.4. The summed E-state index contributed by atoms with van der Waals surface area (Å²) in [5, 5.41) is 4.93. The van der Waals surface area contributed by atoms with E-state index < -0.39 is 29.0 Å². The van der Waals surface area contributed by atoms with Crippen molar-refractivity contribution in [3.8, 4) is 0 Å². The molecule has 0 saturated carbocycles. The van der Waals surface area contributed by atoms with Crippen molar-refractivity contribution in [2.45, 2.75) is 0 Å². The Morgan fingerprint density at radius 1 is 0.905 bits per heavy atom. The zero-order valence-electron chi connectivity index (χ0n) is 10.2. The SMILES string of the molecule is Fc1cc(F)c(F)c(NC(=S)Nc2ccc(Cl)cc2)c1F. The first-order chi connectivity index (χ1) is 9.88. The maximum absolute atomic E-state index is 13.4. The zero-order valence-corrected chi connectivity index (χ0v) is 11.8. The van der Waals surface area contributed by atoms with E-state index in [2.05, 4.69) is 10.6 Å². The van der Waals surface area contributed by atoms with Crippen molar-refractivity contribution in [2.75, 3.05) is 10.6 Å². The molecule has 0 spiro atoms. The largest absolute Gasteiger partial charge is 0.332 e. The molecule has 8 heteroatoms. The fourth-order valence-electron chi connectivity index (χ4n) is 1.49. The van der Waals surface area contributed by atoms with Gasteiger partial charge in [-0.25, -0.2) is 17.6 Å². The molecule has 0 radical (unpaired) electrons. The molecule has 0 bridgehead atoms. The van der Waals surface area contributed by atoms with Gasteiger partial charge in [0.1, 0.15) is 5.69 Å². The summed E-state index contributed by atoms with van der Waals surface area (Å²) in [4.78, 5) is 0. The highest BCUT2D eigenvalue weighted by molar-refractivity contribution is 7.80. The Morgan fingerprint density at radius 3 is 1.95 bits per heavy atom. The number of hydrogen-bond donors (Lipinski definition) is 2. The Labute approximate surface area is 127 Å². The lowest BCUT2D eigenvalue weighted by molar-refractivity contribution is 0.459. The molecule has 2 aromatic carbocycles. The first-order valence-corrected chi connectivity index (χ1v) is 6.33. The highest BCUT2D eigenvalue weighted by Crippen LogP contribution is 2.24. The topological polar surface area (TPSA) is 24.1 Å². The zero-order chi connectivity index (χ0) is 15.6. The van der Waals surface area contributed by atoms with Crippen molar-refractivity contribution < 1.29 is 17.6 Å². The highest BCUT2D eigenvalue weighted by atomic mass is 35.5. The normalized spacial score (nSPS) is 10.3. The Hall–Kier alpha value is -1.86. The molecule has 0 saturated heterocycles. The number of hydrogen-bond acceptors (Lipinski definition) is 1. The second-order valence-corrected chi connectivity index (χ2v) is 4.77. The number of thiocarbonyl (C=S) groups is 1. The van der Waals surface area contributed by atoms with Crippen molar-refractivity contribution >= 4 is 40.3 Å². The molecule has 0 aliphatic carbocycles. The van der Waals surface area contributed by atoms with E-state index in [9.17, 15) is 17.6 Å². The third-order valence-electron chi connectivity index (χ3n) is 2.45. The van der Waals surface area contributed by atoms with Crippen molar-refractivity contribution in [3.63, 3.8) is 0 Å². The predicted octanol–water partition coefficient (Wildman–Crippen LogP) is 4.71. The van der Waals surface area contributed by atoms with Crippen LogP contribution < -0.4 is 10.6 Å². The Bertz CT molecular complexity index is 665. The van der Waals surface area contributed by atoms with Crippen LogP contribution in [0.15, 0.2) is 30.3 Å². The maximum Gasteiger partial charge on any atom is 0.185 e. The fraction of sp³-hybridized carbons (Fsp3) is 0. The van der Waals surface area contributed by atoms with Gasteiger partial charge in [0, 0.05) is 16.8 Å². The molecule has 110 valence electrons. The van der Waals surface area contributed by atoms with Gasteiger partial charge in [0.2, 0.25) is 0 Å². The minimum atomic E-state index is -1.56. The van der Waals surface area contributed by atoms with E-state index in [0.717, 1.165) is 0 Å². The summed E-state index contributed by atoms with van der Waals surface area (Å²) in [6, 6.07) is 6.38. The number of halogens is 5. The van der Waals surface area contributed by atoms with Gasteiger partial charge in [-0.2, -0.15) is 0 Å². The molecule has 0 atom stereocenters. The lowest BCUT2D eigenvalue weighted by Crippen LogP contribution is -2.21. The van der Waals surface area contributed by atoms with Gasteiger partial charge in [-0.05, 0) is 36.5 Å². The van der Waals surface area contributed by atoms with Crippen LogP contribution in [0.5, 0.6) is 0 Å². The molecular weight excluding hydrogens is 328 g/mol. The Kier molecular flexibility index (Phi) is 4.64. The number of anilines is 2. The molecule has 0 aliphatic rings. The predicted molar refractivity (Wildman–Crippen MR) is 77.6 cm³/mol. The van der Waals surface area contributed by atoms with Crippen LogP contribution in [0.25, 0.3) is 0 Å². The molecule has 2 aromatic rings. The summed E-state index contributed by atoms with van der Waals surface area (Å²) in [7, 11) is 0. The van der Waals surface area contributed by atoms with Crippen LogP contribution in [0.2, 0.25) is 5.02 Å². The van der Waals surface area contributed by atoms with E-state index in [4.69, 9.17) is 23.8 Å². The molecule has 0 amide bonds. The molecule has 0 aliphatic heterocycles. The van der Waals surface area contributed by atoms with Crippen LogP contribution in [0.1, 0.15) is 0 Å². The lowest BCUT2D eigenvalue weighted by Gasteiger charge is -2.12. The lowest BCUT2D eigenvalue weighted by atomic mass is 10.2. The smallest absolute Gasteiger partial charge is 0.185 e. The molecule has 21 heavy (non-hydrogen) atoms. The first-order valence-electron chi connectivity index (χ1n) is 5.55. The van der Waals surface area contributed by atoms with E-state index in [1.807, 2.05) is 0 Å². The van der Waals surface area contributed by atoms with E-state index in [0.29, 0.717) is 10.7 Å². The molecule has 2 nitrogen and oxygen atoms in total. The summed E-state index contributed by atoms with van der Waals surface area (Å²) in [5.74, 6) is -6.17. The second kappa shape index (κ2) is 6.28.